The van der Waals surface area contributed by atoms with Gasteiger partial charge in [0.05, 0.1) is 18.1 Å². The molecule has 0 amide bonds. The van der Waals surface area contributed by atoms with Gasteiger partial charge < -0.3 is 23.4 Å². The average Bonchev–Trinajstić information content (AvgIpc) is 3.38. The summed E-state index contributed by atoms with van der Waals surface area (Å²) in [4.78, 5) is 25.0. The predicted octanol–water partition coefficient (Wildman–Crippen LogP) is 5.45. The first-order valence-corrected chi connectivity index (χ1v) is 20.4. The molecule has 1 heterocycles. The fourth-order valence-corrected chi connectivity index (χ4v) is 12.2. The van der Waals surface area contributed by atoms with E-state index in [4.69, 9.17) is 27.6 Å². The van der Waals surface area contributed by atoms with Crippen LogP contribution in [-0.2, 0) is 53.9 Å². The van der Waals surface area contributed by atoms with Crippen molar-refractivity contribution in [2.45, 2.75) is 82.2 Å². The first-order chi connectivity index (χ1) is 24.7. The summed E-state index contributed by atoms with van der Waals surface area (Å²) < 4.78 is 65.1. The second kappa shape index (κ2) is 16.2. The Hall–Kier alpha value is -4.17. The molecule has 0 N–H and O–H groups in total. The summed E-state index contributed by atoms with van der Waals surface area (Å²) in [6, 6.07) is 35.3. The zero-order valence-corrected chi connectivity index (χ0v) is 32.1. The van der Waals surface area contributed by atoms with Gasteiger partial charge in [-0.25, -0.2) is 0 Å². The van der Waals surface area contributed by atoms with Crippen molar-refractivity contribution < 1.29 is 45.6 Å². The molecular formula is C40H46O10SSi. The minimum Gasteiger partial charge on any atom is -0.453 e. The lowest BCUT2D eigenvalue weighted by Crippen LogP contribution is -2.68. The zero-order chi connectivity index (χ0) is 37.6. The maximum Gasteiger partial charge on any atom is 0.305 e. The molecule has 1 fully saturated rings. The second-order valence-corrected chi connectivity index (χ2v) is 19.9. The Morgan fingerprint density at radius 3 is 1.77 bits per heavy atom. The van der Waals surface area contributed by atoms with Crippen LogP contribution in [-0.4, -0.2) is 66.0 Å². The normalized spacial score (nSPS) is 20.7. The molecule has 0 spiro atoms. The van der Waals surface area contributed by atoms with Crippen LogP contribution in [0.4, 0.5) is 0 Å². The lowest BCUT2D eigenvalue weighted by molar-refractivity contribution is -0.212. The molecule has 4 aromatic rings. The van der Waals surface area contributed by atoms with Gasteiger partial charge in [0.15, 0.2) is 6.10 Å². The van der Waals surface area contributed by atoms with E-state index in [0.717, 1.165) is 21.5 Å². The summed E-state index contributed by atoms with van der Waals surface area (Å²) >= 11 is 0. The van der Waals surface area contributed by atoms with Gasteiger partial charge in [-0.15, -0.1) is 0 Å². The fourth-order valence-electron chi connectivity index (χ4n) is 6.59. The minimum absolute atomic E-state index is 0.0189. The minimum atomic E-state index is -4.36. The molecule has 0 radical (unpaired) electrons. The zero-order valence-electron chi connectivity index (χ0n) is 30.3. The molecule has 0 saturated carbocycles. The molecule has 10 nitrogen and oxygen atoms in total. The summed E-state index contributed by atoms with van der Waals surface area (Å²) in [5, 5.41) is 1.45. The smallest absolute Gasteiger partial charge is 0.305 e. The van der Waals surface area contributed by atoms with Crippen LogP contribution >= 0.6 is 0 Å². The van der Waals surface area contributed by atoms with Gasteiger partial charge in [0, 0.05) is 13.8 Å². The van der Waals surface area contributed by atoms with E-state index in [-0.39, 0.29) is 18.1 Å². The first-order valence-electron chi connectivity index (χ1n) is 17.1. The molecule has 1 aliphatic heterocycles. The van der Waals surface area contributed by atoms with Crippen molar-refractivity contribution >= 4 is 40.7 Å². The molecule has 12 heteroatoms. The SMILES string of the molecule is CC(=O)OC1OC(CO[Si](c2ccccc2)(c2ccccc2)C(C)(C)C)(COS(=O)(=O)c2ccc(C)cc2)C(OCc2ccccc2)C1OC(C)=O. The van der Waals surface area contributed by atoms with Crippen molar-refractivity contribution in [3.63, 3.8) is 0 Å². The van der Waals surface area contributed by atoms with Gasteiger partial charge in [0.25, 0.3) is 18.4 Å². The fraction of sp³-hybridized carbons (Fsp3) is 0.350. The molecule has 5 rings (SSSR count). The van der Waals surface area contributed by atoms with Crippen LogP contribution < -0.4 is 10.4 Å². The van der Waals surface area contributed by atoms with Crippen molar-refractivity contribution in [3.05, 3.63) is 126 Å². The van der Waals surface area contributed by atoms with Crippen LogP contribution in [0.3, 0.4) is 0 Å². The van der Waals surface area contributed by atoms with E-state index in [1.165, 1.54) is 26.0 Å². The molecule has 1 aliphatic rings. The molecule has 0 bridgehead atoms. The largest absolute Gasteiger partial charge is 0.453 e. The van der Waals surface area contributed by atoms with Crippen LogP contribution in [0.15, 0.2) is 120 Å². The van der Waals surface area contributed by atoms with E-state index in [1.54, 1.807) is 12.1 Å². The molecule has 0 aliphatic carbocycles. The standard InChI is InChI=1S/C40H46O10SSi/c1-29-22-24-33(25-23-29)51(43,44)46-27-40(28-47-52(39(4,5)6,34-18-12-8-13-19-34)35-20-14-9-15-21-35)37(45-26-32-16-10-7-11-17-32)36(48-30(2)41)38(50-40)49-31(3)42/h7-25,36-38H,26-28H2,1-6H3. The van der Waals surface area contributed by atoms with Crippen LogP contribution in [0.5, 0.6) is 0 Å². The maximum absolute atomic E-state index is 13.7. The number of rotatable bonds is 14. The van der Waals surface area contributed by atoms with E-state index >= 15 is 0 Å². The van der Waals surface area contributed by atoms with E-state index in [2.05, 4.69) is 20.8 Å². The number of benzene rings is 4. The summed E-state index contributed by atoms with van der Waals surface area (Å²) in [6.07, 6.45) is -4.01. The number of carbonyl (C=O) groups is 2. The number of aryl methyl sites for hydroxylation is 1. The summed E-state index contributed by atoms with van der Waals surface area (Å²) in [7, 11) is -7.65. The van der Waals surface area contributed by atoms with Crippen molar-refractivity contribution in [1.82, 2.24) is 0 Å². The number of carbonyl (C=O) groups excluding carboxylic acids is 2. The molecule has 4 unspecified atom stereocenters. The van der Waals surface area contributed by atoms with E-state index in [1.807, 2.05) is 97.9 Å². The third-order valence-corrected chi connectivity index (χ3v) is 15.3. The molecule has 276 valence electrons. The number of hydrogen-bond acceptors (Lipinski definition) is 10. The lowest BCUT2D eigenvalue weighted by atomic mass is 9.96. The monoisotopic (exact) mass is 746 g/mol. The predicted molar refractivity (Wildman–Crippen MR) is 198 cm³/mol. The van der Waals surface area contributed by atoms with E-state index in [0.29, 0.717) is 0 Å². The maximum atomic E-state index is 13.7. The van der Waals surface area contributed by atoms with Crippen molar-refractivity contribution in [2.24, 2.45) is 0 Å². The Labute approximate surface area is 307 Å². The van der Waals surface area contributed by atoms with Gasteiger partial charge >= 0.3 is 11.9 Å². The van der Waals surface area contributed by atoms with Gasteiger partial charge in [-0.05, 0) is 40.0 Å². The summed E-state index contributed by atoms with van der Waals surface area (Å²) in [5.74, 6) is -1.39. The van der Waals surface area contributed by atoms with Gasteiger partial charge in [0.2, 0.25) is 6.29 Å². The Morgan fingerprint density at radius 2 is 1.27 bits per heavy atom. The molecule has 4 atom stereocenters. The van der Waals surface area contributed by atoms with Crippen LogP contribution in [0, 0.1) is 6.92 Å². The Bertz CT molecular complexity index is 1860. The van der Waals surface area contributed by atoms with Gasteiger partial charge in [0.1, 0.15) is 18.3 Å². The summed E-state index contributed by atoms with van der Waals surface area (Å²) in [5.41, 5.74) is -0.133. The highest BCUT2D eigenvalue weighted by molar-refractivity contribution is 7.86. The first kappa shape index (κ1) is 39.0. The number of ether oxygens (including phenoxy) is 4. The lowest BCUT2D eigenvalue weighted by Gasteiger charge is -2.45. The Balaban J connectivity index is 1.67. The Morgan fingerprint density at radius 1 is 0.750 bits per heavy atom. The van der Waals surface area contributed by atoms with Crippen LogP contribution in [0.1, 0.15) is 45.7 Å². The third kappa shape index (κ3) is 8.71. The van der Waals surface area contributed by atoms with E-state index < -0.39 is 66.1 Å². The molecule has 4 aromatic carbocycles. The van der Waals surface area contributed by atoms with Gasteiger partial charge in [-0.1, -0.05) is 129 Å². The quantitative estimate of drug-likeness (QED) is 0.0935. The third-order valence-electron chi connectivity index (χ3n) is 9.01. The average molecular weight is 747 g/mol. The number of hydrogen-bond donors (Lipinski definition) is 0. The van der Waals surface area contributed by atoms with Crippen molar-refractivity contribution in [2.75, 3.05) is 13.2 Å². The van der Waals surface area contributed by atoms with Gasteiger partial charge in [-0.2, -0.15) is 8.42 Å². The Kier molecular flexibility index (Phi) is 12.2. The topological polar surface area (TPSA) is 124 Å². The second-order valence-electron chi connectivity index (χ2n) is 13.9. The van der Waals surface area contributed by atoms with Crippen LogP contribution in [0.25, 0.3) is 0 Å². The molecular weight excluding hydrogens is 701 g/mol. The summed E-state index contributed by atoms with van der Waals surface area (Å²) in [6.45, 7) is 9.67. The van der Waals surface area contributed by atoms with Crippen LogP contribution in [0.2, 0.25) is 5.04 Å². The van der Waals surface area contributed by atoms with Crippen molar-refractivity contribution in [1.29, 1.82) is 0 Å². The van der Waals surface area contributed by atoms with Crippen molar-refractivity contribution in [3.8, 4) is 0 Å². The van der Waals surface area contributed by atoms with Gasteiger partial charge in [-0.3, -0.25) is 13.8 Å². The van der Waals surface area contributed by atoms with E-state index in [9.17, 15) is 18.0 Å². The molecule has 52 heavy (non-hydrogen) atoms. The molecule has 0 aromatic heterocycles. The number of esters is 2. The highest BCUT2D eigenvalue weighted by Gasteiger charge is 2.62. The molecule has 1 saturated heterocycles. The highest BCUT2D eigenvalue weighted by Crippen LogP contribution is 2.42. The highest BCUT2D eigenvalue weighted by atomic mass is 32.2.